The molecule has 0 bridgehead atoms. The Bertz CT molecular complexity index is 171. The lowest BCUT2D eigenvalue weighted by atomic mass is 9.91. The maximum Gasteiger partial charge on any atom is 0.219 e. The van der Waals surface area contributed by atoms with Gasteiger partial charge in [-0.2, -0.15) is 0 Å². The molecule has 0 aromatic carbocycles. The van der Waals surface area contributed by atoms with Crippen molar-refractivity contribution in [1.82, 2.24) is 4.90 Å². The second-order valence-electron chi connectivity index (χ2n) is 3.97. The topological polar surface area (TPSA) is 46.3 Å². The first kappa shape index (κ1) is 9.52. The van der Waals surface area contributed by atoms with Gasteiger partial charge in [0, 0.05) is 12.0 Å². The van der Waals surface area contributed by atoms with E-state index in [9.17, 15) is 4.79 Å². The zero-order valence-corrected chi connectivity index (χ0v) is 7.97. The van der Waals surface area contributed by atoms with Crippen LogP contribution in [0.3, 0.4) is 0 Å². The van der Waals surface area contributed by atoms with E-state index >= 15 is 0 Å². The fourth-order valence-electron chi connectivity index (χ4n) is 2.14. The number of hydrogen-bond acceptors (Lipinski definition) is 2. The minimum Gasteiger partial charge on any atom is -0.370 e. The molecule has 1 saturated carbocycles. The molecule has 0 heterocycles. The van der Waals surface area contributed by atoms with Crippen molar-refractivity contribution in [3.63, 3.8) is 0 Å². The fraction of sp³-hybridized carbons (Fsp3) is 0.889. The summed E-state index contributed by atoms with van der Waals surface area (Å²) >= 11 is 0. The number of carbonyl (C=O) groups excluding carboxylic acids is 1. The van der Waals surface area contributed by atoms with Gasteiger partial charge in [-0.25, -0.2) is 0 Å². The highest BCUT2D eigenvalue weighted by molar-refractivity contribution is 5.75. The third-order valence-corrected chi connectivity index (χ3v) is 2.99. The molecule has 0 saturated heterocycles. The molecule has 12 heavy (non-hydrogen) atoms. The lowest BCUT2D eigenvalue weighted by Gasteiger charge is -2.35. The quantitative estimate of drug-likeness (QED) is 0.679. The van der Waals surface area contributed by atoms with Gasteiger partial charge in [0.05, 0.1) is 0 Å². The van der Waals surface area contributed by atoms with Crippen molar-refractivity contribution in [2.45, 2.75) is 37.6 Å². The summed E-state index contributed by atoms with van der Waals surface area (Å²) < 4.78 is 0. The van der Waals surface area contributed by atoms with Crippen molar-refractivity contribution in [3.8, 4) is 0 Å². The van der Waals surface area contributed by atoms with Crippen molar-refractivity contribution in [2.24, 2.45) is 5.73 Å². The molecule has 0 unspecified atom stereocenters. The van der Waals surface area contributed by atoms with Gasteiger partial charge in [-0.1, -0.05) is 12.8 Å². The second-order valence-corrected chi connectivity index (χ2v) is 3.97. The molecule has 0 atom stereocenters. The molecule has 3 nitrogen and oxygen atoms in total. The largest absolute Gasteiger partial charge is 0.370 e. The first-order chi connectivity index (χ1) is 5.57. The minimum absolute atomic E-state index is 0.0752. The molecule has 1 aliphatic carbocycles. The number of amides is 1. The Morgan fingerprint density at radius 2 is 1.92 bits per heavy atom. The maximum absolute atomic E-state index is 10.9. The van der Waals surface area contributed by atoms with Crippen molar-refractivity contribution < 1.29 is 4.79 Å². The van der Waals surface area contributed by atoms with Crippen LogP contribution in [-0.2, 0) is 4.79 Å². The predicted octanol–water partition coefficient (Wildman–Crippen LogP) is 0.736. The Labute approximate surface area is 73.9 Å². The summed E-state index contributed by atoms with van der Waals surface area (Å²) in [6.07, 6.45) is 5.20. The molecule has 1 rings (SSSR count). The van der Waals surface area contributed by atoms with Crippen LogP contribution in [0.25, 0.3) is 0 Å². The van der Waals surface area contributed by atoms with Crippen LogP contribution in [-0.4, -0.2) is 30.4 Å². The molecule has 0 aromatic rings. The Balaban J connectivity index is 2.65. The van der Waals surface area contributed by atoms with E-state index in [2.05, 4.69) is 4.90 Å². The first-order valence-electron chi connectivity index (χ1n) is 4.53. The van der Waals surface area contributed by atoms with E-state index in [1.165, 1.54) is 12.8 Å². The Kier molecular flexibility index (Phi) is 2.73. The van der Waals surface area contributed by atoms with Gasteiger partial charge in [0.25, 0.3) is 0 Å². The molecule has 0 aliphatic heterocycles. The summed E-state index contributed by atoms with van der Waals surface area (Å²) in [7, 11) is 4.07. The third kappa shape index (κ3) is 1.78. The fourth-order valence-corrected chi connectivity index (χ4v) is 2.14. The van der Waals surface area contributed by atoms with E-state index < -0.39 is 0 Å². The predicted molar refractivity (Wildman–Crippen MR) is 48.7 cm³/mol. The van der Waals surface area contributed by atoms with Crippen LogP contribution in [0.2, 0.25) is 0 Å². The zero-order chi connectivity index (χ0) is 9.19. The minimum atomic E-state index is -0.175. The number of carbonyl (C=O) groups is 1. The van der Waals surface area contributed by atoms with Crippen LogP contribution in [0.5, 0.6) is 0 Å². The number of hydrogen-bond donors (Lipinski definition) is 1. The summed E-state index contributed by atoms with van der Waals surface area (Å²) in [6.45, 7) is 0. The molecule has 0 spiro atoms. The average molecular weight is 170 g/mol. The van der Waals surface area contributed by atoms with E-state index in [-0.39, 0.29) is 11.4 Å². The number of primary amides is 1. The Hall–Kier alpha value is -0.570. The van der Waals surface area contributed by atoms with Gasteiger partial charge in [0.1, 0.15) is 0 Å². The number of rotatable bonds is 3. The van der Waals surface area contributed by atoms with Crippen molar-refractivity contribution in [1.29, 1.82) is 0 Å². The summed E-state index contributed by atoms with van der Waals surface area (Å²) in [5.74, 6) is -0.175. The average Bonchev–Trinajstić information content (AvgIpc) is 2.35. The third-order valence-electron chi connectivity index (χ3n) is 2.99. The van der Waals surface area contributed by atoms with Crippen LogP contribution >= 0.6 is 0 Å². The van der Waals surface area contributed by atoms with Gasteiger partial charge in [-0.05, 0) is 26.9 Å². The van der Waals surface area contributed by atoms with Gasteiger partial charge in [0.15, 0.2) is 0 Å². The highest BCUT2D eigenvalue weighted by Gasteiger charge is 2.37. The Morgan fingerprint density at radius 1 is 1.42 bits per heavy atom. The molecule has 3 heteroatoms. The number of nitrogens with two attached hydrogens (primary N) is 1. The van der Waals surface area contributed by atoms with Crippen LogP contribution in [0.1, 0.15) is 32.1 Å². The molecule has 2 N–H and O–H groups in total. The normalized spacial score (nSPS) is 21.6. The lowest BCUT2D eigenvalue weighted by Crippen LogP contribution is -2.44. The van der Waals surface area contributed by atoms with E-state index in [0.717, 1.165) is 12.8 Å². The van der Waals surface area contributed by atoms with E-state index in [0.29, 0.717) is 6.42 Å². The van der Waals surface area contributed by atoms with E-state index in [4.69, 9.17) is 5.73 Å². The van der Waals surface area contributed by atoms with E-state index in [1.807, 2.05) is 14.1 Å². The van der Waals surface area contributed by atoms with Crippen molar-refractivity contribution in [2.75, 3.05) is 14.1 Å². The second kappa shape index (κ2) is 3.44. The highest BCUT2D eigenvalue weighted by atomic mass is 16.1. The summed E-state index contributed by atoms with van der Waals surface area (Å²) in [5.41, 5.74) is 5.30. The van der Waals surface area contributed by atoms with Gasteiger partial charge in [-0.15, -0.1) is 0 Å². The summed E-state index contributed by atoms with van der Waals surface area (Å²) in [6, 6.07) is 0. The van der Waals surface area contributed by atoms with Crippen LogP contribution in [0.4, 0.5) is 0 Å². The molecular formula is C9H18N2O. The monoisotopic (exact) mass is 170 g/mol. The molecule has 1 amide bonds. The molecule has 1 aliphatic rings. The van der Waals surface area contributed by atoms with E-state index in [1.54, 1.807) is 0 Å². The smallest absolute Gasteiger partial charge is 0.219 e. The molecule has 1 fully saturated rings. The lowest BCUT2D eigenvalue weighted by molar-refractivity contribution is -0.120. The van der Waals surface area contributed by atoms with Crippen molar-refractivity contribution >= 4 is 5.91 Å². The Morgan fingerprint density at radius 3 is 2.25 bits per heavy atom. The number of nitrogens with zero attached hydrogens (tertiary/aromatic N) is 1. The maximum atomic E-state index is 10.9. The molecule has 70 valence electrons. The molecule has 0 radical (unpaired) electrons. The summed E-state index contributed by atoms with van der Waals surface area (Å²) in [5, 5.41) is 0. The van der Waals surface area contributed by atoms with Gasteiger partial charge in [0.2, 0.25) is 5.91 Å². The highest BCUT2D eigenvalue weighted by Crippen LogP contribution is 2.36. The van der Waals surface area contributed by atoms with Crippen molar-refractivity contribution in [3.05, 3.63) is 0 Å². The summed E-state index contributed by atoms with van der Waals surface area (Å²) in [4.78, 5) is 13.0. The SMILES string of the molecule is CN(C)C1(CC(N)=O)CCCC1. The van der Waals surface area contributed by atoms with Crippen LogP contribution in [0, 0.1) is 0 Å². The van der Waals surface area contributed by atoms with Crippen LogP contribution < -0.4 is 5.73 Å². The van der Waals surface area contributed by atoms with Gasteiger partial charge >= 0.3 is 0 Å². The first-order valence-corrected chi connectivity index (χ1v) is 4.53. The van der Waals surface area contributed by atoms with Gasteiger partial charge < -0.3 is 10.6 Å². The standard InChI is InChI=1S/C9H18N2O/c1-11(2)9(7-8(10)12)5-3-4-6-9/h3-7H2,1-2H3,(H2,10,12). The van der Waals surface area contributed by atoms with Gasteiger partial charge in [-0.3, -0.25) is 4.79 Å². The van der Waals surface area contributed by atoms with Crippen LogP contribution in [0.15, 0.2) is 0 Å². The molecular weight excluding hydrogens is 152 g/mol. The molecule has 0 aromatic heterocycles. The zero-order valence-electron chi connectivity index (χ0n) is 7.97.